The Morgan fingerprint density at radius 2 is 2.10 bits per heavy atom. The molecule has 1 aromatic heterocycles. The quantitative estimate of drug-likeness (QED) is 0.849. The summed E-state index contributed by atoms with van der Waals surface area (Å²) in [5, 5.41) is 0. The minimum atomic E-state index is -0.0384. The lowest BCUT2D eigenvalue weighted by molar-refractivity contribution is -0.120. The molecule has 0 N–H and O–H groups in total. The number of anilines is 1. The van der Waals surface area contributed by atoms with E-state index in [1.54, 1.807) is 11.9 Å². The predicted molar refractivity (Wildman–Crippen MR) is 82.7 cm³/mol. The van der Waals surface area contributed by atoms with Gasteiger partial charge in [-0.2, -0.15) is 0 Å². The zero-order valence-electron chi connectivity index (χ0n) is 12.5. The Kier molecular flexibility index (Phi) is 3.37. The van der Waals surface area contributed by atoms with Crippen LogP contribution in [-0.4, -0.2) is 24.5 Å². The average molecular weight is 282 g/mol. The van der Waals surface area contributed by atoms with E-state index >= 15 is 0 Å². The smallest absolute Gasteiger partial charge is 0.264 e. The number of fused-ring (bicyclic) bond motifs is 1. The lowest BCUT2D eigenvalue weighted by atomic mass is 10.0. The van der Waals surface area contributed by atoms with Gasteiger partial charge in [-0.3, -0.25) is 9.78 Å². The van der Waals surface area contributed by atoms with Gasteiger partial charge in [0.2, 0.25) is 0 Å². The molecule has 0 saturated heterocycles. The number of ether oxygens (including phenoxy) is 1. The second-order valence-corrected chi connectivity index (χ2v) is 5.52. The zero-order valence-corrected chi connectivity index (χ0v) is 12.5. The fourth-order valence-electron chi connectivity index (χ4n) is 2.46. The fraction of sp³-hybridized carbons (Fsp3) is 0.294. The van der Waals surface area contributed by atoms with Crippen LogP contribution in [0.2, 0.25) is 0 Å². The van der Waals surface area contributed by atoms with E-state index in [4.69, 9.17) is 4.74 Å². The Hall–Kier alpha value is -2.36. The van der Waals surface area contributed by atoms with Crippen LogP contribution in [0.5, 0.6) is 5.75 Å². The van der Waals surface area contributed by atoms with Gasteiger partial charge in [-0.15, -0.1) is 0 Å². The van der Waals surface area contributed by atoms with E-state index in [0.29, 0.717) is 5.92 Å². The Labute approximate surface area is 124 Å². The summed E-state index contributed by atoms with van der Waals surface area (Å²) in [6.45, 7) is 4.38. The molecule has 1 aliphatic rings. The van der Waals surface area contributed by atoms with E-state index in [9.17, 15) is 4.79 Å². The number of carbonyl (C=O) groups excluding carboxylic acids is 1. The molecular formula is C17H18N2O2. The predicted octanol–water partition coefficient (Wildman–Crippen LogP) is 3.23. The van der Waals surface area contributed by atoms with Gasteiger partial charge in [-0.25, -0.2) is 0 Å². The number of rotatable bonds is 2. The van der Waals surface area contributed by atoms with E-state index < -0.39 is 0 Å². The Morgan fingerprint density at radius 1 is 1.29 bits per heavy atom. The van der Waals surface area contributed by atoms with Gasteiger partial charge in [0.05, 0.1) is 11.4 Å². The number of hydrogen-bond donors (Lipinski definition) is 0. The first-order chi connectivity index (χ1) is 10.1. The molecule has 0 fully saturated rings. The molecule has 21 heavy (non-hydrogen) atoms. The van der Waals surface area contributed by atoms with Gasteiger partial charge in [-0.1, -0.05) is 19.9 Å². The molecule has 3 rings (SSSR count). The maximum atomic E-state index is 11.7. The largest absolute Gasteiger partial charge is 0.481 e. The molecule has 4 heteroatoms. The molecule has 108 valence electrons. The molecule has 0 radical (unpaired) electrons. The van der Waals surface area contributed by atoms with Crippen LogP contribution in [0.4, 0.5) is 5.69 Å². The second kappa shape index (κ2) is 5.20. The molecule has 2 heterocycles. The highest BCUT2D eigenvalue weighted by atomic mass is 16.5. The monoisotopic (exact) mass is 282 g/mol. The van der Waals surface area contributed by atoms with Crippen LogP contribution in [0.15, 0.2) is 36.5 Å². The minimum Gasteiger partial charge on any atom is -0.481 e. The number of aromatic nitrogens is 1. The summed E-state index contributed by atoms with van der Waals surface area (Å²) in [4.78, 5) is 17.8. The number of amides is 1. The van der Waals surface area contributed by atoms with Crippen LogP contribution in [0.3, 0.4) is 0 Å². The maximum Gasteiger partial charge on any atom is 0.264 e. The number of para-hydroxylation sites is 1. The number of likely N-dealkylation sites (N-methyl/N-ethyl adjacent to an activating group) is 1. The molecule has 0 bridgehead atoms. The fourth-order valence-corrected chi connectivity index (χ4v) is 2.46. The number of benzene rings is 1. The lowest BCUT2D eigenvalue weighted by Crippen LogP contribution is -2.35. The molecule has 0 atom stereocenters. The Balaban J connectivity index is 2.12. The van der Waals surface area contributed by atoms with Gasteiger partial charge in [0.15, 0.2) is 12.4 Å². The first-order valence-electron chi connectivity index (χ1n) is 7.06. The summed E-state index contributed by atoms with van der Waals surface area (Å²) in [5.74, 6) is 1.13. The number of carbonyl (C=O) groups is 1. The Morgan fingerprint density at radius 3 is 2.86 bits per heavy atom. The molecule has 1 aliphatic heterocycles. The van der Waals surface area contributed by atoms with E-state index in [2.05, 4.69) is 24.9 Å². The van der Waals surface area contributed by atoms with E-state index in [1.807, 2.05) is 30.5 Å². The van der Waals surface area contributed by atoms with E-state index in [-0.39, 0.29) is 12.5 Å². The number of hydrogen-bond acceptors (Lipinski definition) is 3. The van der Waals surface area contributed by atoms with Gasteiger partial charge in [0.25, 0.3) is 5.91 Å². The lowest BCUT2D eigenvalue weighted by Gasteiger charge is -2.27. The molecule has 0 aliphatic carbocycles. The Bertz CT molecular complexity index is 695. The van der Waals surface area contributed by atoms with Crippen LogP contribution in [0, 0.1) is 0 Å². The van der Waals surface area contributed by atoms with Crippen molar-refractivity contribution in [2.75, 3.05) is 18.6 Å². The molecular weight excluding hydrogens is 264 g/mol. The van der Waals surface area contributed by atoms with Crippen molar-refractivity contribution in [2.45, 2.75) is 19.8 Å². The van der Waals surface area contributed by atoms with Gasteiger partial charge in [0.1, 0.15) is 0 Å². The van der Waals surface area contributed by atoms with Crippen LogP contribution >= 0.6 is 0 Å². The summed E-state index contributed by atoms with van der Waals surface area (Å²) in [7, 11) is 1.77. The van der Waals surface area contributed by atoms with Crippen molar-refractivity contribution in [3.05, 3.63) is 42.1 Å². The first kappa shape index (κ1) is 13.6. The first-order valence-corrected chi connectivity index (χ1v) is 7.06. The van der Waals surface area contributed by atoms with Crippen molar-refractivity contribution in [1.82, 2.24) is 4.98 Å². The molecule has 1 amide bonds. The van der Waals surface area contributed by atoms with Crippen molar-refractivity contribution >= 4 is 11.6 Å². The summed E-state index contributed by atoms with van der Waals surface area (Å²) in [5.41, 5.74) is 3.83. The number of nitrogens with zero attached hydrogens (tertiary/aromatic N) is 2. The van der Waals surface area contributed by atoms with Crippen molar-refractivity contribution in [3.63, 3.8) is 0 Å². The summed E-state index contributed by atoms with van der Waals surface area (Å²) < 4.78 is 5.66. The summed E-state index contributed by atoms with van der Waals surface area (Å²) in [6.07, 6.45) is 1.82. The van der Waals surface area contributed by atoms with Crippen LogP contribution in [0.25, 0.3) is 11.3 Å². The SMILES string of the molecule is CC(C)c1ccnc(-c2cccc3c2OCC(=O)N3C)c1. The van der Waals surface area contributed by atoms with Gasteiger partial charge in [-0.05, 0) is 35.7 Å². The molecule has 1 aromatic carbocycles. The van der Waals surface area contributed by atoms with Crippen molar-refractivity contribution in [3.8, 4) is 17.0 Å². The molecule has 0 spiro atoms. The van der Waals surface area contributed by atoms with Crippen LogP contribution < -0.4 is 9.64 Å². The van der Waals surface area contributed by atoms with Gasteiger partial charge in [0, 0.05) is 18.8 Å². The van der Waals surface area contributed by atoms with Crippen molar-refractivity contribution in [2.24, 2.45) is 0 Å². The third kappa shape index (κ3) is 2.37. The van der Waals surface area contributed by atoms with E-state index in [1.165, 1.54) is 5.56 Å². The number of pyridine rings is 1. The average Bonchev–Trinajstić information content (AvgIpc) is 2.50. The summed E-state index contributed by atoms with van der Waals surface area (Å²) >= 11 is 0. The second-order valence-electron chi connectivity index (χ2n) is 5.52. The van der Waals surface area contributed by atoms with Crippen molar-refractivity contribution < 1.29 is 9.53 Å². The summed E-state index contributed by atoms with van der Waals surface area (Å²) in [6, 6.07) is 9.91. The van der Waals surface area contributed by atoms with E-state index in [0.717, 1.165) is 22.7 Å². The highest BCUT2D eigenvalue weighted by Gasteiger charge is 2.25. The van der Waals surface area contributed by atoms with Gasteiger partial charge < -0.3 is 9.64 Å². The standard InChI is InChI=1S/C17H18N2O2/c1-11(2)12-7-8-18-14(9-12)13-5-4-6-15-17(13)21-10-16(20)19(15)3/h4-9,11H,10H2,1-3H3. The highest BCUT2D eigenvalue weighted by molar-refractivity contribution is 5.99. The zero-order chi connectivity index (χ0) is 15.0. The molecule has 0 saturated carbocycles. The third-order valence-corrected chi connectivity index (χ3v) is 3.80. The third-order valence-electron chi connectivity index (χ3n) is 3.80. The maximum absolute atomic E-state index is 11.7. The van der Waals surface area contributed by atoms with Gasteiger partial charge >= 0.3 is 0 Å². The topological polar surface area (TPSA) is 42.4 Å². The normalized spacial score (nSPS) is 14.1. The van der Waals surface area contributed by atoms with Crippen LogP contribution in [-0.2, 0) is 4.79 Å². The molecule has 4 nitrogen and oxygen atoms in total. The molecule has 2 aromatic rings. The highest BCUT2D eigenvalue weighted by Crippen LogP contribution is 2.39. The van der Waals surface area contributed by atoms with Crippen LogP contribution in [0.1, 0.15) is 25.3 Å². The molecule has 0 unspecified atom stereocenters. The minimum absolute atomic E-state index is 0.0384. The van der Waals surface area contributed by atoms with Crippen molar-refractivity contribution in [1.29, 1.82) is 0 Å².